The van der Waals surface area contributed by atoms with Gasteiger partial charge < -0.3 is 10.6 Å². The molecule has 90 valence electrons. The number of rotatable bonds is 2. The first kappa shape index (κ1) is 12.2. The van der Waals surface area contributed by atoms with Gasteiger partial charge >= 0.3 is 0 Å². The van der Waals surface area contributed by atoms with Crippen LogP contribution in [0.15, 0.2) is 18.2 Å². The highest BCUT2D eigenvalue weighted by Gasteiger charge is 2.26. The van der Waals surface area contributed by atoms with Crippen LogP contribution in [0.4, 0.5) is 5.69 Å². The average Bonchev–Trinajstić information content (AvgIpc) is 2.29. The fourth-order valence-corrected chi connectivity index (χ4v) is 2.32. The molecule has 4 heteroatoms. The second-order valence-electron chi connectivity index (χ2n) is 4.74. The number of nitrogens with zero attached hydrogens (tertiary/aromatic N) is 1. The first-order valence-corrected chi connectivity index (χ1v) is 6.19. The van der Waals surface area contributed by atoms with Gasteiger partial charge in [0.25, 0.3) is 0 Å². The lowest BCUT2D eigenvalue weighted by molar-refractivity contribution is 0.365. The highest BCUT2D eigenvalue weighted by molar-refractivity contribution is 6.30. The molecule has 17 heavy (non-hydrogen) atoms. The predicted molar refractivity (Wildman–Crippen MR) is 70.3 cm³/mol. The van der Waals surface area contributed by atoms with E-state index in [9.17, 15) is 0 Å². The van der Waals surface area contributed by atoms with Crippen molar-refractivity contribution in [2.24, 2.45) is 0 Å². The Kier molecular flexibility index (Phi) is 3.56. The van der Waals surface area contributed by atoms with Crippen molar-refractivity contribution in [1.29, 1.82) is 5.26 Å². The number of hydrogen-bond acceptors (Lipinski definition) is 3. The number of hydrogen-bond donors (Lipinski definition) is 2. The van der Waals surface area contributed by atoms with Crippen LogP contribution in [-0.2, 0) is 0 Å². The molecule has 0 atom stereocenters. The van der Waals surface area contributed by atoms with Crippen LogP contribution in [-0.4, -0.2) is 18.6 Å². The Morgan fingerprint density at radius 1 is 1.41 bits per heavy atom. The molecule has 0 aromatic heterocycles. The molecule has 0 amide bonds. The number of nitriles is 1. The lowest BCUT2D eigenvalue weighted by atomic mass is 9.90. The van der Waals surface area contributed by atoms with Crippen molar-refractivity contribution in [2.45, 2.75) is 25.3 Å². The van der Waals surface area contributed by atoms with E-state index < -0.39 is 0 Å². The van der Waals surface area contributed by atoms with Gasteiger partial charge in [0.15, 0.2) is 0 Å². The van der Waals surface area contributed by atoms with E-state index >= 15 is 0 Å². The normalized spacial score (nSPS) is 18.4. The van der Waals surface area contributed by atoms with E-state index in [1.807, 2.05) is 6.07 Å². The van der Waals surface area contributed by atoms with Crippen LogP contribution < -0.4 is 10.6 Å². The summed E-state index contributed by atoms with van der Waals surface area (Å²) in [5, 5.41) is 16.5. The van der Waals surface area contributed by atoms with Crippen molar-refractivity contribution < 1.29 is 0 Å². The lowest BCUT2D eigenvalue weighted by Crippen LogP contribution is -2.45. The molecule has 2 N–H and O–H groups in total. The molecule has 0 saturated carbocycles. The number of piperidine rings is 1. The maximum absolute atomic E-state index is 9.08. The van der Waals surface area contributed by atoms with Crippen molar-refractivity contribution in [3.63, 3.8) is 0 Å². The standard InChI is InChI=1S/C13H16ClN3/c1-13(4-6-16-7-5-13)17-12-8-11(14)3-2-10(12)9-15/h2-3,8,16-17H,4-7H2,1H3. The van der Waals surface area contributed by atoms with Gasteiger partial charge in [-0.25, -0.2) is 0 Å². The monoisotopic (exact) mass is 249 g/mol. The van der Waals surface area contributed by atoms with Crippen LogP contribution in [0, 0.1) is 11.3 Å². The van der Waals surface area contributed by atoms with Crippen LogP contribution in [0.1, 0.15) is 25.3 Å². The molecule has 2 rings (SSSR count). The molecule has 0 unspecified atom stereocenters. The number of anilines is 1. The van der Waals surface area contributed by atoms with Crippen molar-refractivity contribution in [1.82, 2.24) is 5.32 Å². The Labute approximate surface area is 107 Å². The zero-order valence-electron chi connectivity index (χ0n) is 9.89. The maximum Gasteiger partial charge on any atom is 0.101 e. The fourth-order valence-electron chi connectivity index (χ4n) is 2.15. The summed E-state index contributed by atoms with van der Waals surface area (Å²) in [7, 11) is 0. The SMILES string of the molecule is CC1(Nc2cc(Cl)ccc2C#N)CCNCC1. The van der Waals surface area contributed by atoms with E-state index in [-0.39, 0.29) is 5.54 Å². The summed E-state index contributed by atoms with van der Waals surface area (Å²) in [4.78, 5) is 0. The number of benzene rings is 1. The summed E-state index contributed by atoms with van der Waals surface area (Å²) < 4.78 is 0. The molecule has 1 aliphatic heterocycles. The third-order valence-electron chi connectivity index (χ3n) is 3.25. The Hall–Kier alpha value is -1.24. The fraction of sp³-hybridized carbons (Fsp3) is 0.462. The summed E-state index contributed by atoms with van der Waals surface area (Å²) in [5.74, 6) is 0. The quantitative estimate of drug-likeness (QED) is 0.847. The van der Waals surface area contributed by atoms with Gasteiger partial charge in [-0.15, -0.1) is 0 Å². The molecule has 0 aliphatic carbocycles. The molecule has 1 aliphatic rings. The molecule has 1 saturated heterocycles. The molecule has 1 fully saturated rings. The third kappa shape index (κ3) is 2.91. The molecule has 3 nitrogen and oxygen atoms in total. The van der Waals surface area contributed by atoms with Crippen molar-refractivity contribution in [3.8, 4) is 6.07 Å². The van der Waals surface area contributed by atoms with Crippen LogP contribution in [0.5, 0.6) is 0 Å². The van der Waals surface area contributed by atoms with Gasteiger partial charge in [-0.3, -0.25) is 0 Å². The number of halogens is 1. The molecule has 0 spiro atoms. The van der Waals surface area contributed by atoms with Crippen LogP contribution >= 0.6 is 11.6 Å². The minimum absolute atomic E-state index is 0.0432. The van der Waals surface area contributed by atoms with Crippen LogP contribution in [0.3, 0.4) is 0 Å². The lowest BCUT2D eigenvalue weighted by Gasteiger charge is -2.36. The Bertz CT molecular complexity index is 444. The smallest absolute Gasteiger partial charge is 0.101 e. The molecule has 1 aromatic carbocycles. The highest BCUT2D eigenvalue weighted by atomic mass is 35.5. The summed E-state index contributed by atoms with van der Waals surface area (Å²) >= 11 is 5.98. The third-order valence-corrected chi connectivity index (χ3v) is 3.48. The predicted octanol–water partition coefficient (Wildman–Crippen LogP) is 2.77. The Balaban J connectivity index is 2.22. The van der Waals surface area contributed by atoms with Crippen LogP contribution in [0.2, 0.25) is 5.02 Å². The van der Waals surface area contributed by atoms with Gasteiger partial charge in [-0.1, -0.05) is 11.6 Å². The van der Waals surface area contributed by atoms with E-state index in [0.717, 1.165) is 31.6 Å². The molecular formula is C13H16ClN3. The molecule has 1 heterocycles. The minimum atomic E-state index is 0.0432. The zero-order valence-corrected chi connectivity index (χ0v) is 10.6. The van der Waals surface area contributed by atoms with Gasteiger partial charge in [0, 0.05) is 10.6 Å². The summed E-state index contributed by atoms with van der Waals surface area (Å²) in [6, 6.07) is 7.52. The average molecular weight is 250 g/mol. The van der Waals surface area contributed by atoms with Gasteiger partial charge in [0.1, 0.15) is 6.07 Å². The van der Waals surface area contributed by atoms with Crippen molar-refractivity contribution in [2.75, 3.05) is 18.4 Å². The molecular weight excluding hydrogens is 234 g/mol. The molecule has 0 radical (unpaired) electrons. The highest BCUT2D eigenvalue weighted by Crippen LogP contribution is 2.27. The summed E-state index contributed by atoms with van der Waals surface area (Å²) in [6.07, 6.45) is 2.09. The summed E-state index contributed by atoms with van der Waals surface area (Å²) in [5.41, 5.74) is 1.53. The molecule has 0 bridgehead atoms. The Morgan fingerprint density at radius 3 is 2.76 bits per heavy atom. The van der Waals surface area contributed by atoms with E-state index in [0.29, 0.717) is 10.6 Å². The van der Waals surface area contributed by atoms with E-state index in [2.05, 4.69) is 23.6 Å². The number of nitrogens with one attached hydrogen (secondary N) is 2. The first-order chi connectivity index (χ1) is 8.13. The van der Waals surface area contributed by atoms with Gasteiger partial charge in [-0.2, -0.15) is 5.26 Å². The second kappa shape index (κ2) is 4.95. The Morgan fingerprint density at radius 2 is 2.12 bits per heavy atom. The second-order valence-corrected chi connectivity index (χ2v) is 5.17. The largest absolute Gasteiger partial charge is 0.379 e. The minimum Gasteiger partial charge on any atom is -0.379 e. The topological polar surface area (TPSA) is 47.9 Å². The van der Waals surface area contributed by atoms with E-state index in [1.54, 1.807) is 12.1 Å². The van der Waals surface area contributed by atoms with E-state index in [4.69, 9.17) is 16.9 Å². The zero-order chi connectivity index (χ0) is 12.3. The van der Waals surface area contributed by atoms with Crippen LogP contribution in [0.25, 0.3) is 0 Å². The first-order valence-electron chi connectivity index (χ1n) is 5.81. The molecule has 1 aromatic rings. The van der Waals surface area contributed by atoms with Gasteiger partial charge in [0.2, 0.25) is 0 Å². The van der Waals surface area contributed by atoms with Crippen molar-refractivity contribution in [3.05, 3.63) is 28.8 Å². The van der Waals surface area contributed by atoms with Gasteiger partial charge in [-0.05, 0) is 51.1 Å². The maximum atomic E-state index is 9.08. The van der Waals surface area contributed by atoms with Gasteiger partial charge in [0.05, 0.1) is 11.3 Å². The summed E-state index contributed by atoms with van der Waals surface area (Å²) in [6.45, 7) is 4.20. The van der Waals surface area contributed by atoms with Crippen molar-refractivity contribution >= 4 is 17.3 Å². The van der Waals surface area contributed by atoms with E-state index in [1.165, 1.54) is 0 Å².